The largest absolute Gasteiger partial charge is 0.338 e. The summed E-state index contributed by atoms with van der Waals surface area (Å²) >= 11 is 0. The van der Waals surface area contributed by atoms with Crippen LogP contribution in [0.5, 0.6) is 0 Å². The maximum absolute atomic E-state index is 12.2. The number of carbonyl (C=O) groups is 1. The third-order valence-corrected chi connectivity index (χ3v) is 3.88. The Bertz CT molecular complexity index is 252. The number of hydrogen-bond donors (Lipinski definition) is 1. The molecule has 2 N–H and O–H groups in total. The highest BCUT2D eigenvalue weighted by molar-refractivity contribution is 5.82. The molecular formula is C13H26N2O. The maximum atomic E-state index is 12.2. The molecule has 0 aromatic heterocycles. The molecule has 1 saturated heterocycles. The topological polar surface area (TPSA) is 46.3 Å². The zero-order chi connectivity index (χ0) is 12.5. The Morgan fingerprint density at radius 3 is 2.38 bits per heavy atom. The van der Waals surface area contributed by atoms with E-state index in [4.69, 9.17) is 5.73 Å². The number of nitrogens with zero attached hydrogens (tertiary/aromatic N) is 1. The van der Waals surface area contributed by atoms with E-state index in [-0.39, 0.29) is 17.9 Å². The lowest BCUT2D eigenvalue weighted by Crippen LogP contribution is -2.55. The van der Waals surface area contributed by atoms with Gasteiger partial charge < -0.3 is 10.6 Å². The molecule has 3 heteroatoms. The van der Waals surface area contributed by atoms with Crippen molar-refractivity contribution in [3.05, 3.63) is 0 Å². The highest BCUT2D eigenvalue weighted by atomic mass is 16.2. The van der Waals surface area contributed by atoms with Gasteiger partial charge in [-0.25, -0.2) is 0 Å². The Morgan fingerprint density at radius 2 is 1.88 bits per heavy atom. The molecule has 0 bridgehead atoms. The van der Waals surface area contributed by atoms with Gasteiger partial charge in [0.05, 0.1) is 6.04 Å². The number of nitrogens with two attached hydrogens (primary N) is 1. The minimum Gasteiger partial charge on any atom is -0.338 e. The number of carbonyl (C=O) groups excluding carboxylic acids is 1. The monoisotopic (exact) mass is 226 g/mol. The summed E-state index contributed by atoms with van der Waals surface area (Å²) in [4.78, 5) is 14.2. The van der Waals surface area contributed by atoms with Crippen molar-refractivity contribution in [2.24, 2.45) is 23.5 Å². The summed E-state index contributed by atoms with van der Waals surface area (Å²) in [6.07, 6.45) is 1.21. The standard InChI is InChI=1S/C13H26N2O/c1-8(2)12(14)13(16)15-7-9(3)6-10(4)11(15)5/h8-12H,6-7,14H2,1-5H3/t9?,10?,11?,12-/m0/s1. The number of hydrogen-bond acceptors (Lipinski definition) is 2. The fourth-order valence-electron chi connectivity index (χ4n) is 2.48. The molecule has 0 aromatic carbocycles. The average Bonchev–Trinajstić information content (AvgIpc) is 2.21. The predicted molar refractivity (Wildman–Crippen MR) is 66.9 cm³/mol. The third kappa shape index (κ3) is 2.76. The van der Waals surface area contributed by atoms with Crippen molar-refractivity contribution in [1.82, 2.24) is 4.90 Å². The lowest BCUT2D eigenvalue weighted by molar-refractivity contribution is -0.139. The van der Waals surface area contributed by atoms with Crippen molar-refractivity contribution in [3.63, 3.8) is 0 Å². The molecule has 1 aliphatic rings. The van der Waals surface area contributed by atoms with Crippen molar-refractivity contribution < 1.29 is 4.79 Å². The summed E-state index contributed by atoms with van der Waals surface area (Å²) in [6, 6.07) is -0.0200. The first-order valence-electron chi connectivity index (χ1n) is 6.40. The summed E-state index contributed by atoms with van der Waals surface area (Å²) in [6.45, 7) is 11.4. The van der Waals surface area contributed by atoms with E-state index in [0.29, 0.717) is 17.9 Å². The molecule has 0 radical (unpaired) electrons. The summed E-state index contributed by atoms with van der Waals surface area (Å²) < 4.78 is 0. The summed E-state index contributed by atoms with van der Waals surface area (Å²) in [5.74, 6) is 1.51. The van der Waals surface area contributed by atoms with Crippen LogP contribution in [0.4, 0.5) is 0 Å². The fraction of sp³-hybridized carbons (Fsp3) is 0.923. The second-order valence-electron chi connectivity index (χ2n) is 5.82. The summed E-state index contributed by atoms with van der Waals surface area (Å²) in [5.41, 5.74) is 5.95. The quantitative estimate of drug-likeness (QED) is 0.781. The molecule has 1 aliphatic heterocycles. The van der Waals surface area contributed by atoms with Crippen LogP contribution in [0.1, 0.15) is 41.0 Å². The summed E-state index contributed by atoms with van der Waals surface area (Å²) in [7, 11) is 0. The van der Waals surface area contributed by atoms with Gasteiger partial charge >= 0.3 is 0 Å². The SMILES string of the molecule is CC1CC(C)C(C)N(C(=O)[C@@H](N)C(C)C)C1. The van der Waals surface area contributed by atoms with E-state index < -0.39 is 0 Å². The van der Waals surface area contributed by atoms with E-state index in [1.165, 1.54) is 6.42 Å². The zero-order valence-electron chi connectivity index (χ0n) is 11.2. The van der Waals surface area contributed by atoms with Gasteiger partial charge in [0, 0.05) is 12.6 Å². The van der Waals surface area contributed by atoms with Crippen molar-refractivity contribution >= 4 is 5.91 Å². The molecule has 0 aliphatic carbocycles. The lowest BCUT2D eigenvalue weighted by atomic mass is 9.85. The van der Waals surface area contributed by atoms with Gasteiger partial charge in [0.15, 0.2) is 0 Å². The van der Waals surface area contributed by atoms with Crippen molar-refractivity contribution in [1.29, 1.82) is 0 Å². The molecule has 1 heterocycles. The van der Waals surface area contributed by atoms with Crippen LogP contribution < -0.4 is 5.73 Å². The van der Waals surface area contributed by atoms with Crippen LogP contribution in [0.2, 0.25) is 0 Å². The van der Waals surface area contributed by atoms with Crippen LogP contribution >= 0.6 is 0 Å². The molecule has 0 spiro atoms. The number of piperidine rings is 1. The fourth-order valence-corrected chi connectivity index (χ4v) is 2.48. The van der Waals surface area contributed by atoms with Gasteiger partial charge in [-0.1, -0.05) is 27.7 Å². The molecule has 0 aromatic rings. The van der Waals surface area contributed by atoms with Gasteiger partial charge in [-0.15, -0.1) is 0 Å². The van der Waals surface area contributed by atoms with Crippen LogP contribution in [0.15, 0.2) is 0 Å². The highest BCUT2D eigenvalue weighted by Crippen LogP contribution is 2.27. The minimum absolute atomic E-state index is 0.126. The molecule has 1 amide bonds. The molecule has 3 unspecified atom stereocenters. The van der Waals surface area contributed by atoms with Crippen LogP contribution in [-0.4, -0.2) is 29.4 Å². The maximum Gasteiger partial charge on any atom is 0.240 e. The molecule has 3 nitrogen and oxygen atoms in total. The molecule has 1 rings (SSSR count). The second kappa shape index (κ2) is 5.17. The van der Waals surface area contributed by atoms with Crippen molar-refractivity contribution in [2.75, 3.05) is 6.54 Å². The van der Waals surface area contributed by atoms with Gasteiger partial charge in [-0.05, 0) is 31.1 Å². The highest BCUT2D eigenvalue weighted by Gasteiger charge is 2.34. The Kier molecular flexibility index (Phi) is 4.36. The number of likely N-dealkylation sites (tertiary alicyclic amines) is 1. The van der Waals surface area contributed by atoms with E-state index in [1.807, 2.05) is 18.7 Å². The Hall–Kier alpha value is -0.570. The molecule has 0 saturated carbocycles. The molecule has 94 valence electrons. The van der Waals surface area contributed by atoms with E-state index in [2.05, 4.69) is 20.8 Å². The van der Waals surface area contributed by atoms with Crippen LogP contribution in [0, 0.1) is 17.8 Å². The smallest absolute Gasteiger partial charge is 0.240 e. The van der Waals surface area contributed by atoms with E-state index >= 15 is 0 Å². The van der Waals surface area contributed by atoms with Crippen LogP contribution in [0.3, 0.4) is 0 Å². The Balaban J connectivity index is 2.74. The summed E-state index contributed by atoms with van der Waals surface area (Å²) in [5, 5.41) is 0. The number of amides is 1. The Morgan fingerprint density at radius 1 is 1.31 bits per heavy atom. The molecule has 1 fully saturated rings. The first kappa shape index (κ1) is 13.5. The predicted octanol–water partition coefficient (Wildman–Crippen LogP) is 1.86. The van der Waals surface area contributed by atoms with Crippen LogP contribution in [0.25, 0.3) is 0 Å². The molecular weight excluding hydrogens is 200 g/mol. The first-order chi connectivity index (χ1) is 7.34. The van der Waals surface area contributed by atoms with Gasteiger partial charge in [0.2, 0.25) is 5.91 Å². The zero-order valence-corrected chi connectivity index (χ0v) is 11.2. The second-order valence-corrected chi connectivity index (χ2v) is 5.82. The average molecular weight is 226 g/mol. The van der Waals surface area contributed by atoms with E-state index in [9.17, 15) is 4.79 Å². The van der Waals surface area contributed by atoms with Gasteiger partial charge in [0.25, 0.3) is 0 Å². The Labute approximate surface area is 99.4 Å². The number of rotatable bonds is 2. The lowest BCUT2D eigenvalue weighted by Gasteiger charge is -2.42. The third-order valence-electron chi connectivity index (χ3n) is 3.88. The molecule has 4 atom stereocenters. The molecule has 16 heavy (non-hydrogen) atoms. The van der Waals surface area contributed by atoms with Gasteiger partial charge in [0.1, 0.15) is 0 Å². The van der Waals surface area contributed by atoms with Gasteiger partial charge in [-0.2, -0.15) is 0 Å². The van der Waals surface area contributed by atoms with Crippen LogP contribution in [-0.2, 0) is 4.79 Å². The van der Waals surface area contributed by atoms with Gasteiger partial charge in [-0.3, -0.25) is 4.79 Å². The van der Waals surface area contributed by atoms with E-state index in [0.717, 1.165) is 6.54 Å². The van der Waals surface area contributed by atoms with E-state index in [1.54, 1.807) is 0 Å². The minimum atomic E-state index is -0.347. The first-order valence-corrected chi connectivity index (χ1v) is 6.40. The van der Waals surface area contributed by atoms with Crippen molar-refractivity contribution in [2.45, 2.75) is 53.1 Å². The normalized spacial score (nSPS) is 32.9. The van der Waals surface area contributed by atoms with Crippen molar-refractivity contribution in [3.8, 4) is 0 Å².